The van der Waals surface area contributed by atoms with Crippen molar-refractivity contribution in [2.75, 3.05) is 55.7 Å². The first-order valence-corrected chi connectivity index (χ1v) is 15.3. The molecule has 1 fully saturated rings. The summed E-state index contributed by atoms with van der Waals surface area (Å²) in [5, 5.41) is 0. The van der Waals surface area contributed by atoms with Crippen molar-refractivity contribution in [3.05, 3.63) is 72.1 Å². The highest BCUT2D eigenvalue weighted by molar-refractivity contribution is 5.86. The van der Waals surface area contributed by atoms with Crippen LogP contribution < -0.4 is 28.4 Å². The molecule has 14 heteroatoms. The van der Waals surface area contributed by atoms with E-state index in [0.717, 1.165) is 48.7 Å². The fourth-order valence-corrected chi connectivity index (χ4v) is 6.29. The predicted molar refractivity (Wildman–Crippen MR) is 207 cm³/mol. The summed E-state index contributed by atoms with van der Waals surface area (Å²) in [5.74, 6) is 3.55. The summed E-state index contributed by atoms with van der Waals surface area (Å²) < 4.78 is 33.2. The maximum atomic E-state index is 5.57. The van der Waals surface area contributed by atoms with E-state index in [1.54, 1.807) is 42.7 Å². The fraction of sp³-hybridized carbons (Fsp3) is 0.389. The molecule has 0 aliphatic carbocycles. The van der Waals surface area contributed by atoms with E-state index in [-0.39, 0.29) is 49.6 Å². The zero-order chi connectivity index (χ0) is 32.8. The largest absolute Gasteiger partial charge is 0.493 e. The first-order valence-electron chi connectivity index (χ1n) is 15.3. The number of aromatic nitrogens is 2. The number of hydrogen-bond donors (Lipinski definition) is 0. The highest BCUT2D eigenvalue weighted by atomic mass is 35.5. The highest BCUT2D eigenvalue weighted by Crippen LogP contribution is 2.42. The van der Waals surface area contributed by atoms with Crippen molar-refractivity contribution < 1.29 is 28.4 Å². The molecule has 1 aliphatic heterocycles. The van der Waals surface area contributed by atoms with Gasteiger partial charge in [-0.3, -0.25) is 19.8 Å². The number of rotatable bonds is 12. The Bertz CT molecular complexity index is 1600. The van der Waals surface area contributed by atoms with Crippen LogP contribution in [-0.2, 0) is 13.1 Å². The zero-order valence-corrected chi connectivity index (χ0v) is 32.9. The normalized spacial score (nSPS) is 15.6. The number of piperazine rings is 1. The molecule has 10 nitrogen and oxygen atoms in total. The van der Waals surface area contributed by atoms with Crippen LogP contribution >= 0.6 is 49.6 Å². The summed E-state index contributed by atoms with van der Waals surface area (Å²) in [7, 11) is 9.69. The van der Waals surface area contributed by atoms with Crippen LogP contribution in [0.5, 0.6) is 34.5 Å². The molecule has 1 aliphatic rings. The molecule has 3 heterocycles. The van der Waals surface area contributed by atoms with Gasteiger partial charge in [0.05, 0.1) is 54.0 Å². The van der Waals surface area contributed by atoms with Crippen molar-refractivity contribution >= 4 is 49.6 Å². The lowest BCUT2D eigenvalue weighted by molar-refractivity contribution is 0.0290. The van der Waals surface area contributed by atoms with E-state index in [9.17, 15) is 0 Å². The molecule has 0 N–H and O–H groups in total. The van der Waals surface area contributed by atoms with Gasteiger partial charge >= 0.3 is 0 Å². The van der Waals surface area contributed by atoms with Crippen molar-refractivity contribution in [2.24, 2.45) is 0 Å². The maximum absolute atomic E-state index is 5.57. The Labute approximate surface area is 320 Å². The minimum Gasteiger partial charge on any atom is -0.493 e. The summed E-state index contributed by atoms with van der Waals surface area (Å²) in [6.45, 7) is 8.18. The molecule has 0 spiro atoms. The van der Waals surface area contributed by atoms with Crippen LogP contribution in [0.2, 0.25) is 0 Å². The molecule has 0 amide bonds. The van der Waals surface area contributed by atoms with Crippen LogP contribution in [0.15, 0.2) is 60.9 Å². The molecule has 0 saturated carbocycles. The number of halogens is 4. The van der Waals surface area contributed by atoms with Gasteiger partial charge in [-0.05, 0) is 73.5 Å². The Hall–Kier alpha value is -3.38. The molecule has 1 saturated heterocycles. The Morgan fingerprint density at radius 2 is 0.900 bits per heavy atom. The molecule has 4 aromatic rings. The number of pyridine rings is 2. The molecule has 0 bridgehead atoms. The summed E-state index contributed by atoms with van der Waals surface area (Å²) in [4.78, 5) is 14.4. The monoisotopic (exact) mass is 772 g/mol. The molecule has 1 unspecified atom stereocenters. The lowest BCUT2D eigenvalue weighted by atomic mass is 10.0. The van der Waals surface area contributed by atoms with Gasteiger partial charge in [0.1, 0.15) is 0 Å². The fourth-order valence-electron chi connectivity index (χ4n) is 6.29. The van der Waals surface area contributed by atoms with Crippen LogP contribution in [0.1, 0.15) is 25.0 Å². The van der Waals surface area contributed by atoms with Crippen LogP contribution in [0.25, 0.3) is 22.5 Å². The second kappa shape index (κ2) is 20.5. The van der Waals surface area contributed by atoms with E-state index in [4.69, 9.17) is 28.4 Å². The maximum Gasteiger partial charge on any atom is 0.203 e. The van der Waals surface area contributed by atoms with Crippen molar-refractivity contribution in [3.63, 3.8) is 0 Å². The zero-order valence-electron chi connectivity index (χ0n) is 29.6. The summed E-state index contributed by atoms with van der Waals surface area (Å²) >= 11 is 0. The van der Waals surface area contributed by atoms with Crippen LogP contribution in [0.3, 0.4) is 0 Å². The second-order valence-electron chi connectivity index (χ2n) is 11.5. The highest BCUT2D eigenvalue weighted by Gasteiger charge is 2.29. The minimum atomic E-state index is 0. The second-order valence-corrected chi connectivity index (χ2v) is 11.5. The molecule has 2 aromatic carbocycles. The van der Waals surface area contributed by atoms with Gasteiger partial charge in [-0.2, -0.15) is 0 Å². The molecule has 276 valence electrons. The van der Waals surface area contributed by atoms with Crippen molar-refractivity contribution in [2.45, 2.75) is 39.0 Å². The van der Waals surface area contributed by atoms with Gasteiger partial charge < -0.3 is 28.4 Å². The SMILES string of the molecule is COc1cc(-c2cc(CN3CC(C)N(Cc4ccnc(-c5cc(OC)c(OC)c(OC)c5)c4)[C@@H](C)C3)ccn2)cc(OC)c1OC.Cl.Cl.Cl.Cl. The molecule has 5 rings (SSSR count). The van der Waals surface area contributed by atoms with Gasteiger partial charge in [0, 0.05) is 61.8 Å². The lowest BCUT2D eigenvalue weighted by Gasteiger charge is -2.44. The Balaban J connectivity index is 0.00000312. The first-order chi connectivity index (χ1) is 22.3. The number of ether oxygens (including phenoxy) is 6. The van der Waals surface area contributed by atoms with E-state index in [2.05, 4.69) is 57.9 Å². The average molecular weight is 775 g/mol. The van der Waals surface area contributed by atoms with Crippen LogP contribution in [-0.4, -0.2) is 87.6 Å². The Kier molecular flexibility index (Phi) is 18.3. The number of benzene rings is 2. The predicted octanol–water partition coefficient (Wildman–Crippen LogP) is 7.64. The number of methoxy groups -OCH3 is 6. The minimum absolute atomic E-state index is 0. The summed E-state index contributed by atoms with van der Waals surface area (Å²) in [6, 6.07) is 16.9. The van der Waals surface area contributed by atoms with E-state index in [1.165, 1.54) is 11.1 Å². The molecule has 0 radical (unpaired) electrons. The first kappa shape index (κ1) is 44.6. The summed E-state index contributed by atoms with van der Waals surface area (Å²) in [5.41, 5.74) is 5.94. The third-order valence-electron chi connectivity index (χ3n) is 8.52. The third kappa shape index (κ3) is 9.90. The average Bonchev–Trinajstić information content (AvgIpc) is 3.08. The van der Waals surface area contributed by atoms with E-state index < -0.39 is 0 Å². The van der Waals surface area contributed by atoms with Crippen molar-refractivity contribution in [1.82, 2.24) is 19.8 Å². The Morgan fingerprint density at radius 1 is 0.540 bits per heavy atom. The Morgan fingerprint density at radius 3 is 1.24 bits per heavy atom. The van der Waals surface area contributed by atoms with Crippen molar-refractivity contribution in [3.8, 4) is 57.0 Å². The number of nitrogens with zero attached hydrogens (tertiary/aromatic N) is 4. The van der Waals surface area contributed by atoms with E-state index in [1.807, 2.05) is 36.7 Å². The molecular formula is C36H48Cl4N4O6. The number of hydrogen-bond acceptors (Lipinski definition) is 10. The molecule has 2 atom stereocenters. The van der Waals surface area contributed by atoms with Crippen LogP contribution in [0, 0.1) is 0 Å². The molecule has 50 heavy (non-hydrogen) atoms. The van der Waals surface area contributed by atoms with Gasteiger partial charge in [0.15, 0.2) is 23.0 Å². The van der Waals surface area contributed by atoms with Gasteiger partial charge in [-0.15, -0.1) is 49.6 Å². The molecule has 2 aromatic heterocycles. The summed E-state index contributed by atoms with van der Waals surface area (Å²) in [6.07, 6.45) is 3.74. The third-order valence-corrected chi connectivity index (χ3v) is 8.52. The van der Waals surface area contributed by atoms with Crippen LogP contribution in [0.4, 0.5) is 0 Å². The van der Waals surface area contributed by atoms with Gasteiger partial charge in [-0.1, -0.05) is 0 Å². The van der Waals surface area contributed by atoms with Gasteiger partial charge in [0.25, 0.3) is 0 Å². The standard InChI is InChI=1S/C36H44N4O6.4ClH/c1-23-19-39(21-25-9-11-37-29(13-25)27-15-31(41-3)35(45-7)32(16-27)42-4)20-24(2)40(23)22-26-10-12-38-30(14-26)28-17-33(43-5)36(46-8)34(18-28)44-6;;;;/h9-18,23-24H,19-22H2,1-8H3;4*1H/t23-,24?;;;;/m0..../s1. The van der Waals surface area contributed by atoms with E-state index >= 15 is 0 Å². The van der Waals surface area contributed by atoms with E-state index in [0.29, 0.717) is 46.6 Å². The smallest absolute Gasteiger partial charge is 0.203 e. The quantitative estimate of drug-likeness (QED) is 0.143. The molecular weight excluding hydrogens is 726 g/mol. The van der Waals surface area contributed by atoms with Gasteiger partial charge in [-0.25, -0.2) is 0 Å². The topological polar surface area (TPSA) is 87.6 Å². The lowest BCUT2D eigenvalue weighted by Crippen LogP contribution is -2.55. The van der Waals surface area contributed by atoms with Gasteiger partial charge in [0.2, 0.25) is 11.5 Å². The van der Waals surface area contributed by atoms with Crippen molar-refractivity contribution in [1.29, 1.82) is 0 Å².